The lowest BCUT2D eigenvalue weighted by molar-refractivity contribution is -0.137. The maximum atomic E-state index is 13.6. The van der Waals surface area contributed by atoms with Crippen LogP contribution in [0.5, 0.6) is 0 Å². The van der Waals surface area contributed by atoms with Crippen molar-refractivity contribution < 1.29 is 17.6 Å². The topological polar surface area (TPSA) is 15.3 Å². The highest BCUT2D eigenvalue weighted by Gasteiger charge is 2.32. The second-order valence-electron chi connectivity index (χ2n) is 5.36. The normalized spacial score (nSPS) is 18.7. The first-order valence-electron chi connectivity index (χ1n) is 7.24. The summed E-state index contributed by atoms with van der Waals surface area (Å²) in [6.07, 6.45) is -2.95. The minimum absolute atomic E-state index is 0.158. The van der Waals surface area contributed by atoms with Crippen LogP contribution in [0.4, 0.5) is 17.6 Å². The number of rotatable bonds is 4. The first-order chi connectivity index (χ1) is 9.91. The zero-order valence-electron chi connectivity index (χ0n) is 12.0. The van der Waals surface area contributed by atoms with Crippen LogP contribution >= 0.6 is 0 Å². The number of halogens is 4. The minimum atomic E-state index is -4.52. The molecule has 1 heterocycles. The molecule has 0 spiro atoms. The highest BCUT2D eigenvalue weighted by Crippen LogP contribution is 2.34. The smallest absolute Gasteiger partial charge is 0.314 e. The molecule has 1 atom stereocenters. The van der Waals surface area contributed by atoms with Crippen molar-refractivity contribution in [3.05, 3.63) is 35.1 Å². The van der Waals surface area contributed by atoms with E-state index in [2.05, 4.69) is 10.2 Å². The Morgan fingerprint density at radius 3 is 2.43 bits per heavy atom. The maximum absolute atomic E-state index is 13.6. The first kappa shape index (κ1) is 16.2. The van der Waals surface area contributed by atoms with Crippen molar-refractivity contribution in [2.75, 3.05) is 26.2 Å². The van der Waals surface area contributed by atoms with Gasteiger partial charge in [-0.2, -0.15) is 13.2 Å². The van der Waals surface area contributed by atoms with Gasteiger partial charge in [0.25, 0.3) is 0 Å². The molecule has 1 aliphatic rings. The Morgan fingerprint density at radius 1 is 1.19 bits per heavy atom. The van der Waals surface area contributed by atoms with E-state index in [-0.39, 0.29) is 6.04 Å². The third kappa shape index (κ3) is 4.17. The molecule has 21 heavy (non-hydrogen) atoms. The van der Waals surface area contributed by atoms with Gasteiger partial charge in [0.2, 0.25) is 0 Å². The van der Waals surface area contributed by atoms with Crippen LogP contribution in [0.15, 0.2) is 18.2 Å². The molecule has 1 aliphatic heterocycles. The van der Waals surface area contributed by atoms with Crippen LogP contribution < -0.4 is 5.32 Å². The number of piperazine rings is 1. The quantitative estimate of drug-likeness (QED) is 0.855. The van der Waals surface area contributed by atoms with Gasteiger partial charge < -0.3 is 5.32 Å². The fraction of sp³-hybridized carbons (Fsp3) is 0.600. The summed E-state index contributed by atoms with van der Waals surface area (Å²) in [7, 11) is 0. The summed E-state index contributed by atoms with van der Waals surface area (Å²) in [5.41, 5.74) is -0.486. The van der Waals surface area contributed by atoms with Gasteiger partial charge in [-0.25, -0.2) is 4.39 Å². The predicted octanol–water partition coefficient (Wildman–Crippen LogP) is 3.59. The van der Waals surface area contributed by atoms with E-state index in [9.17, 15) is 17.6 Å². The molecule has 0 radical (unpaired) electrons. The molecule has 0 aromatic heterocycles. The third-order valence-corrected chi connectivity index (χ3v) is 3.79. The lowest BCUT2D eigenvalue weighted by atomic mass is 9.97. The van der Waals surface area contributed by atoms with Crippen molar-refractivity contribution in [1.82, 2.24) is 10.2 Å². The third-order valence-electron chi connectivity index (χ3n) is 3.79. The lowest BCUT2D eigenvalue weighted by Gasteiger charge is -2.35. The minimum Gasteiger partial charge on any atom is -0.314 e. The average Bonchev–Trinajstić information content (AvgIpc) is 2.44. The monoisotopic (exact) mass is 304 g/mol. The SMILES string of the molecule is CCC[C@H](c1cc(F)cc(C(F)(F)F)c1)N1CCNCC1. The standard InChI is InChI=1S/C15H20F4N2/c1-2-3-14(21-6-4-20-5-7-21)11-8-12(15(17,18)19)10-13(16)9-11/h8-10,14,20H,2-7H2,1H3/t14-/m1/s1. The van der Waals surface area contributed by atoms with Crippen LogP contribution in [-0.4, -0.2) is 31.1 Å². The van der Waals surface area contributed by atoms with Crippen LogP contribution in [0, 0.1) is 5.82 Å². The van der Waals surface area contributed by atoms with Gasteiger partial charge in [0.15, 0.2) is 0 Å². The summed E-state index contributed by atoms with van der Waals surface area (Å²) >= 11 is 0. The van der Waals surface area contributed by atoms with Crippen LogP contribution in [0.25, 0.3) is 0 Å². The largest absolute Gasteiger partial charge is 0.416 e. The van der Waals surface area contributed by atoms with Gasteiger partial charge in [0.1, 0.15) is 5.82 Å². The summed E-state index contributed by atoms with van der Waals surface area (Å²) in [6.45, 7) is 5.13. The molecule has 0 aliphatic carbocycles. The Kier molecular flexibility index (Phi) is 5.22. The summed E-state index contributed by atoms with van der Waals surface area (Å²) in [4.78, 5) is 2.13. The van der Waals surface area contributed by atoms with Crippen molar-refractivity contribution in [3.63, 3.8) is 0 Å². The number of alkyl halides is 3. The van der Waals surface area contributed by atoms with Crippen molar-refractivity contribution in [2.45, 2.75) is 32.0 Å². The van der Waals surface area contributed by atoms with Gasteiger partial charge >= 0.3 is 6.18 Å². The molecule has 0 saturated carbocycles. The van der Waals surface area contributed by atoms with Crippen molar-refractivity contribution in [1.29, 1.82) is 0 Å². The van der Waals surface area contributed by atoms with Crippen molar-refractivity contribution in [2.24, 2.45) is 0 Å². The highest BCUT2D eigenvalue weighted by atomic mass is 19.4. The predicted molar refractivity (Wildman–Crippen MR) is 73.5 cm³/mol. The number of nitrogens with one attached hydrogen (secondary N) is 1. The molecule has 2 nitrogen and oxygen atoms in total. The Hall–Kier alpha value is -1.14. The fourth-order valence-corrected chi connectivity index (χ4v) is 2.80. The molecule has 2 rings (SSSR count). The summed E-state index contributed by atoms with van der Waals surface area (Å²) in [6, 6.07) is 2.72. The molecule has 1 aromatic rings. The van der Waals surface area contributed by atoms with Gasteiger partial charge in [-0.1, -0.05) is 13.3 Å². The Labute approximate surface area is 122 Å². The molecule has 1 N–H and O–H groups in total. The van der Waals surface area contributed by atoms with E-state index < -0.39 is 17.6 Å². The lowest BCUT2D eigenvalue weighted by Crippen LogP contribution is -2.45. The zero-order valence-corrected chi connectivity index (χ0v) is 12.0. The molecule has 0 amide bonds. The Balaban J connectivity index is 2.32. The van der Waals surface area contributed by atoms with E-state index in [1.807, 2.05) is 6.92 Å². The highest BCUT2D eigenvalue weighted by molar-refractivity contribution is 5.29. The zero-order chi connectivity index (χ0) is 15.5. The molecular formula is C15H20F4N2. The number of nitrogens with zero attached hydrogens (tertiary/aromatic N) is 1. The van der Waals surface area contributed by atoms with Crippen LogP contribution in [0.3, 0.4) is 0 Å². The molecule has 1 aromatic carbocycles. The van der Waals surface area contributed by atoms with Crippen molar-refractivity contribution in [3.8, 4) is 0 Å². The average molecular weight is 304 g/mol. The van der Waals surface area contributed by atoms with Gasteiger partial charge in [-0.05, 0) is 30.2 Å². The van der Waals surface area contributed by atoms with E-state index in [0.717, 1.165) is 45.1 Å². The Morgan fingerprint density at radius 2 is 1.86 bits per heavy atom. The van der Waals surface area contributed by atoms with Crippen molar-refractivity contribution >= 4 is 0 Å². The number of benzene rings is 1. The molecule has 118 valence electrons. The molecule has 1 saturated heterocycles. The summed E-state index contributed by atoms with van der Waals surface area (Å²) in [5.74, 6) is -0.823. The van der Waals surface area contributed by atoms with Gasteiger partial charge in [-0.3, -0.25) is 4.90 Å². The van der Waals surface area contributed by atoms with E-state index in [4.69, 9.17) is 0 Å². The number of hydrogen-bond acceptors (Lipinski definition) is 2. The first-order valence-corrected chi connectivity index (χ1v) is 7.24. The van der Waals surface area contributed by atoms with Crippen LogP contribution in [0.2, 0.25) is 0 Å². The van der Waals surface area contributed by atoms with Crippen LogP contribution in [-0.2, 0) is 6.18 Å². The number of hydrogen-bond donors (Lipinski definition) is 1. The molecule has 0 bridgehead atoms. The summed E-state index contributed by atoms with van der Waals surface area (Å²) < 4.78 is 52.1. The molecule has 6 heteroatoms. The fourth-order valence-electron chi connectivity index (χ4n) is 2.80. The Bertz CT molecular complexity index is 467. The van der Waals surface area contributed by atoms with Gasteiger partial charge in [-0.15, -0.1) is 0 Å². The van der Waals surface area contributed by atoms with Crippen LogP contribution in [0.1, 0.15) is 36.9 Å². The van der Waals surface area contributed by atoms with E-state index >= 15 is 0 Å². The summed E-state index contributed by atoms with van der Waals surface area (Å²) in [5, 5.41) is 3.21. The molecular weight excluding hydrogens is 284 g/mol. The van der Waals surface area contributed by atoms with E-state index in [1.165, 1.54) is 6.07 Å². The van der Waals surface area contributed by atoms with E-state index in [1.54, 1.807) is 0 Å². The second-order valence-corrected chi connectivity index (χ2v) is 5.36. The van der Waals surface area contributed by atoms with E-state index in [0.29, 0.717) is 11.6 Å². The van der Waals surface area contributed by atoms with Gasteiger partial charge in [0.05, 0.1) is 5.56 Å². The van der Waals surface area contributed by atoms with Gasteiger partial charge in [0, 0.05) is 32.2 Å². The maximum Gasteiger partial charge on any atom is 0.416 e. The second kappa shape index (κ2) is 6.75. The molecule has 0 unspecified atom stereocenters. The molecule has 1 fully saturated rings.